The van der Waals surface area contributed by atoms with Gasteiger partial charge in [-0.15, -0.1) is 0 Å². The average Bonchev–Trinajstić information content (AvgIpc) is 3.02. The molecular formula is C17H25N7O4. The third-order valence-electron chi connectivity index (χ3n) is 3.97. The van der Waals surface area contributed by atoms with Gasteiger partial charge in [-0.05, 0) is 0 Å². The first kappa shape index (κ1) is 21.1. The molecule has 0 radical (unpaired) electrons. The van der Waals surface area contributed by atoms with E-state index in [0.29, 0.717) is 17.0 Å². The molecule has 0 aromatic carbocycles. The number of aromatic nitrogens is 4. The molecule has 0 aliphatic heterocycles. The lowest BCUT2D eigenvalue weighted by molar-refractivity contribution is -0.144. The Balaban J connectivity index is 2.09. The summed E-state index contributed by atoms with van der Waals surface area (Å²) in [5.74, 6) is -1.20. The highest BCUT2D eigenvalue weighted by atomic mass is 16.4. The second-order valence-electron chi connectivity index (χ2n) is 7.23. The fourth-order valence-corrected chi connectivity index (χ4v) is 2.45. The summed E-state index contributed by atoms with van der Waals surface area (Å²) in [5, 5.41) is 14.7. The van der Waals surface area contributed by atoms with Gasteiger partial charge >= 0.3 is 5.97 Å². The maximum absolute atomic E-state index is 12.7. The Labute approximate surface area is 162 Å². The summed E-state index contributed by atoms with van der Waals surface area (Å²) in [6, 6.07) is 0. The van der Waals surface area contributed by atoms with Crippen LogP contribution < -0.4 is 10.6 Å². The van der Waals surface area contributed by atoms with Gasteiger partial charge in [0.05, 0.1) is 6.33 Å². The highest BCUT2D eigenvalue weighted by Crippen LogP contribution is 2.16. The molecule has 2 heterocycles. The molecule has 11 nitrogen and oxygen atoms in total. The van der Waals surface area contributed by atoms with Gasteiger partial charge in [0.1, 0.15) is 24.9 Å². The Bertz CT molecular complexity index is 872. The van der Waals surface area contributed by atoms with Gasteiger partial charge in [-0.25, -0.2) is 15.0 Å². The molecule has 0 saturated carbocycles. The Kier molecular flexibility index (Phi) is 6.49. The first-order chi connectivity index (χ1) is 13.1. The van der Waals surface area contributed by atoms with E-state index in [4.69, 9.17) is 5.11 Å². The van der Waals surface area contributed by atoms with Crippen molar-refractivity contribution in [3.63, 3.8) is 0 Å². The number of carbonyl (C=O) groups excluding carboxylic acids is 2. The molecule has 2 aromatic heterocycles. The molecule has 2 rings (SSSR count). The lowest BCUT2D eigenvalue weighted by Gasteiger charge is -2.23. The smallest absolute Gasteiger partial charge is 0.323 e. The van der Waals surface area contributed by atoms with Crippen LogP contribution >= 0.6 is 0 Å². The van der Waals surface area contributed by atoms with Crippen LogP contribution in [-0.2, 0) is 20.9 Å². The molecule has 2 amide bonds. The molecule has 0 aliphatic carbocycles. The van der Waals surface area contributed by atoms with Crippen LogP contribution in [0.2, 0.25) is 0 Å². The van der Waals surface area contributed by atoms with Crippen LogP contribution in [0.1, 0.15) is 20.8 Å². The number of anilines is 1. The molecule has 3 N–H and O–H groups in total. The number of aliphatic carboxylic acids is 1. The van der Waals surface area contributed by atoms with Crippen LogP contribution in [0.15, 0.2) is 12.7 Å². The van der Waals surface area contributed by atoms with Crippen molar-refractivity contribution in [1.29, 1.82) is 0 Å². The number of nitrogens with one attached hydrogen (secondary N) is 2. The SMILES string of the molecule is CNc1ncnc2c1ncn2CC(=O)N(CCNC(=O)C(C)(C)C)CC(=O)O. The first-order valence-electron chi connectivity index (χ1n) is 8.75. The highest BCUT2D eigenvalue weighted by molar-refractivity contribution is 5.86. The third kappa shape index (κ3) is 5.15. The van der Waals surface area contributed by atoms with Gasteiger partial charge in [-0.3, -0.25) is 14.4 Å². The number of nitrogens with zero attached hydrogens (tertiary/aromatic N) is 5. The van der Waals surface area contributed by atoms with Gasteiger partial charge in [0.2, 0.25) is 11.8 Å². The lowest BCUT2D eigenvalue weighted by atomic mass is 9.96. The Morgan fingerprint density at radius 3 is 2.54 bits per heavy atom. The minimum atomic E-state index is -1.13. The van der Waals surface area contributed by atoms with Crippen molar-refractivity contribution >= 4 is 34.8 Å². The van der Waals surface area contributed by atoms with E-state index in [-0.39, 0.29) is 25.5 Å². The monoisotopic (exact) mass is 391 g/mol. The summed E-state index contributed by atoms with van der Waals surface area (Å²) < 4.78 is 1.53. The Hall–Kier alpha value is -3.24. The molecular weight excluding hydrogens is 366 g/mol. The largest absolute Gasteiger partial charge is 0.480 e. The maximum Gasteiger partial charge on any atom is 0.323 e. The fourth-order valence-electron chi connectivity index (χ4n) is 2.45. The molecule has 28 heavy (non-hydrogen) atoms. The number of carboxylic acid groups (broad SMARTS) is 1. The van der Waals surface area contributed by atoms with Gasteiger partial charge in [0.25, 0.3) is 0 Å². The number of rotatable bonds is 8. The van der Waals surface area contributed by atoms with Gasteiger partial charge in [-0.1, -0.05) is 20.8 Å². The molecule has 0 spiro atoms. The summed E-state index contributed by atoms with van der Waals surface area (Å²) in [4.78, 5) is 49.3. The average molecular weight is 391 g/mol. The molecule has 0 saturated heterocycles. The summed E-state index contributed by atoms with van der Waals surface area (Å²) in [7, 11) is 1.70. The van der Waals surface area contributed by atoms with E-state index in [1.54, 1.807) is 27.8 Å². The maximum atomic E-state index is 12.7. The second-order valence-corrected chi connectivity index (χ2v) is 7.23. The van der Waals surface area contributed by atoms with E-state index in [1.807, 2.05) is 0 Å². The van der Waals surface area contributed by atoms with Crippen LogP contribution in [0.5, 0.6) is 0 Å². The van der Waals surface area contributed by atoms with Crippen LogP contribution in [0.3, 0.4) is 0 Å². The van der Waals surface area contributed by atoms with Crippen LogP contribution in [-0.4, -0.2) is 74.0 Å². The van der Waals surface area contributed by atoms with Crippen LogP contribution in [0.4, 0.5) is 5.82 Å². The van der Waals surface area contributed by atoms with Crippen LogP contribution in [0, 0.1) is 5.41 Å². The Morgan fingerprint density at radius 2 is 1.93 bits per heavy atom. The first-order valence-corrected chi connectivity index (χ1v) is 8.75. The van der Waals surface area contributed by atoms with Crippen molar-refractivity contribution in [2.24, 2.45) is 5.41 Å². The van der Waals surface area contributed by atoms with E-state index in [9.17, 15) is 14.4 Å². The number of hydrogen-bond donors (Lipinski definition) is 3. The van der Waals surface area contributed by atoms with E-state index in [1.165, 1.54) is 22.1 Å². The number of imidazole rings is 1. The molecule has 0 bridgehead atoms. The summed E-state index contributed by atoms with van der Waals surface area (Å²) >= 11 is 0. The van der Waals surface area contributed by atoms with Crippen molar-refractivity contribution in [3.8, 4) is 0 Å². The quantitative estimate of drug-likeness (QED) is 0.568. The summed E-state index contributed by atoms with van der Waals surface area (Å²) in [6.45, 7) is 4.96. The predicted octanol–water partition coefficient (Wildman–Crippen LogP) is -0.0565. The molecule has 0 atom stereocenters. The van der Waals surface area contributed by atoms with E-state index < -0.39 is 23.8 Å². The molecule has 0 unspecified atom stereocenters. The lowest BCUT2D eigenvalue weighted by Crippen LogP contribution is -2.44. The zero-order chi connectivity index (χ0) is 20.9. The third-order valence-corrected chi connectivity index (χ3v) is 3.97. The number of carbonyl (C=O) groups is 3. The zero-order valence-electron chi connectivity index (χ0n) is 16.4. The predicted molar refractivity (Wildman–Crippen MR) is 102 cm³/mol. The van der Waals surface area contributed by atoms with Crippen LogP contribution in [0.25, 0.3) is 11.2 Å². The van der Waals surface area contributed by atoms with Gasteiger partial charge in [0, 0.05) is 25.6 Å². The van der Waals surface area contributed by atoms with E-state index >= 15 is 0 Å². The van der Waals surface area contributed by atoms with Gasteiger partial charge in [-0.2, -0.15) is 0 Å². The zero-order valence-corrected chi connectivity index (χ0v) is 16.4. The fraction of sp³-hybridized carbons (Fsp3) is 0.529. The number of hydrogen-bond acceptors (Lipinski definition) is 7. The van der Waals surface area contributed by atoms with Crippen molar-refractivity contribution in [2.75, 3.05) is 32.0 Å². The topological polar surface area (TPSA) is 142 Å². The minimum Gasteiger partial charge on any atom is -0.480 e. The number of fused-ring (bicyclic) bond motifs is 1. The normalized spacial score (nSPS) is 11.3. The molecule has 152 valence electrons. The molecule has 2 aromatic rings. The standard InChI is InChI=1S/C17H25N7O4/c1-17(2,3)16(28)19-5-6-23(8-12(26)27)11(25)7-24-10-22-13-14(18-4)20-9-21-15(13)24/h9-10H,5-8H2,1-4H3,(H,19,28)(H,26,27)(H,18,20,21). The highest BCUT2D eigenvalue weighted by Gasteiger charge is 2.22. The summed E-state index contributed by atoms with van der Waals surface area (Å²) in [6.07, 6.45) is 2.81. The van der Waals surface area contributed by atoms with Gasteiger partial charge < -0.3 is 25.2 Å². The Morgan fingerprint density at radius 1 is 1.21 bits per heavy atom. The van der Waals surface area contributed by atoms with Crippen molar-refractivity contribution in [3.05, 3.63) is 12.7 Å². The van der Waals surface area contributed by atoms with Crippen molar-refractivity contribution in [1.82, 2.24) is 29.7 Å². The van der Waals surface area contributed by atoms with E-state index in [0.717, 1.165) is 0 Å². The van der Waals surface area contributed by atoms with Crippen molar-refractivity contribution < 1.29 is 19.5 Å². The van der Waals surface area contributed by atoms with E-state index in [2.05, 4.69) is 25.6 Å². The summed E-state index contributed by atoms with van der Waals surface area (Å²) in [5.41, 5.74) is 0.409. The number of amides is 2. The number of carboxylic acids is 1. The van der Waals surface area contributed by atoms with Gasteiger partial charge in [0.15, 0.2) is 11.5 Å². The molecule has 0 aliphatic rings. The van der Waals surface area contributed by atoms with Crippen molar-refractivity contribution in [2.45, 2.75) is 27.3 Å². The minimum absolute atomic E-state index is 0.0797. The molecule has 0 fully saturated rings. The molecule has 11 heteroatoms. The second kappa shape index (κ2) is 8.63.